The number of halogens is 2. The summed E-state index contributed by atoms with van der Waals surface area (Å²) in [6, 6.07) is 15.1. The van der Waals surface area contributed by atoms with E-state index in [0.29, 0.717) is 10.6 Å². The van der Waals surface area contributed by atoms with Gasteiger partial charge in [0.25, 0.3) is 5.91 Å². The molecule has 1 amide bonds. The molecule has 120 valence electrons. The third-order valence-corrected chi connectivity index (χ3v) is 4.83. The van der Waals surface area contributed by atoms with Gasteiger partial charge >= 0.3 is 0 Å². The van der Waals surface area contributed by atoms with Crippen LogP contribution in [0.15, 0.2) is 48.5 Å². The van der Waals surface area contributed by atoms with Gasteiger partial charge in [0.05, 0.1) is 26.2 Å². The van der Waals surface area contributed by atoms with E-state index in [2.05, 4.69) is 6.07 Å². The van der Waals surface area contributed by atoms with E-state index in [9.17, 15) is 4.79 Å². The molecule has 0 spiro atoms. The minimum Gasteiger partial charge on any atom is -0.328 e. The molecule has 0 radical (unpaired) electrons. The summed E-state index contributed by atoms with van der Waals surface area (Å²) in [5.74, 6) is 0.0595. The van der Waals surface area contributed by atoms with Crippen LogP contribution in [0.2, 0.25) is 10.0 Å². The van der Waals surface area contributed by atoms with Gasteiger partial charge in [-0.25, -0.2) is 0 Å². The molecular formula is C18H19Cl2N2O+. The van der Waals surface area contributed by atoms with E-state index in [1.165, 1.54) is 10.5 Å². The monoisotopic (exact) mass is 349 g/mol. The molecule has 2 aromatic carbocycles. The molecule has 0 aromatic heterocycles. The van der Waals surface area contributed by atoms with Crippen molar-refractivity contribution in [1.29, 1.82) is 0 Å². The molecule has 3 rings (SSSR count). The molecule has 1 aliphatic heterocycles. The standard InChI is InChI=1S/C18H18Cl2N2O/c19-16-6-3-5-14(12-16)18(23)22-10-8-21(9-11-22)13-15-4-1-2-7-17(15)20/h1-7,12H,8-11,13H2/p+1. The first kappa shape index (κ1) is 16.3. The number of carbonyl (C=O) groups excluding carboxylic acids is 1. The van der Waals surface area contributed by atoms with E-state index in [1.54, 1.807) is 12.1 Å². The predicted octanol–water partition coefficient (Wildman–Crippen LogP) is 2.53. The van der Waals surface area contributed by atoms with E-state index < -0.39 is 0 Å². The highest BCUT2D eigenvalue weighted by Crippen LogP contribution is 2.14. The fraction of sp³-hybridized carbons (Fsp3) is 0.278. The van der Waals surface area contributed by atoms with Crippen LogP contribution in [-0.4, -0.2) is 37.0 Å². The molecule has 0 saturated carbocycles. The van der Waals surface area contributed by atoms with Crippen LogP contribution in [0.3, 0.4) is 0 Å². The summed E-state index contributed by atoms with van der Waals surface area (Å²) in [5.41, 5.74) is 1.82. The maximum atomic E-state index is 12.5. The number of hydrogen-bond acceptors (Lipinski definition) is 1. The Morgan fingerprint density at radius 3 is 2.48 bits per heavy atom. The van der Waals surface area contributed by atoms with Gasteiger partial charge in [0.1, 0.15) is 6.54 Å². The molecule has 23 heavy (non-hydrogen) atoms. The van der Waals surface area contributed by atoms with E-state index in [4.69, 9.17) is 23.2 Å². The van der Waals surface area contributed by atoms with E-state index in [0.717, 1.165) is 37.7 Å². The highest BCUT2D eigenvalue weighted by atomic mass is 35.5. The smallest absolute Gasteiger partial charge is 0.254 e. The highest BCUT2D eigenvalue weighted by Gasteiger charge is 2.25. The zero-order valence-electron chi connectivity index (χ0n) is 12.8. The lowest BCUT2D eigenvalue weighted by Crippen LogP contribution is -3.13. The lowest BCUT2D eigenvalue weighted by atomic mass is 10.1. The lowest BCUT2D eigenvalue weighted by Gasteiger charge is -2.32. The van der Waals surface area contributed by atoms with Crippen LogP contribution in [0.5, 0.6) is 0 Å². The van der Waals surface area contributed by atoms with Crippen LogP contribution in [0.1, 0.15) is 15.9 Å². The Morgan fingerprint density at radius 1 is 1.04 bits per heavy atom. The van der Waals surface area contributed by atoms with Crippen molar-refractivity contribution in [2.24, 2.45) is 0 Å². The van der Waals surface area contributed by atoms with Crippen LogP contribution < -0.4 is 4.90 Å². The number of rotatable bonds is 3. The van der Waals surface area contributed by atoms with Crippen molar-refractivity contribution < 1.29 is 9.69 Å². The van der Waals surface area contributed by atoms with Crippen molar-refractivity contribution in [2.45, 2.75) is 6.54 Å². The van der Waals surface area contributed by atoms with Crippen molar-refractivity contribution in [3.63, 3.8) is 0 Å². The zero-order chi connectivity index (χ0) is 16.2. The van der Waals surface area contributed by atoms with Crippen LogP contribution in [-0.2, 0) is 6.54 Å². The fourth-order valence-corrected chi connectivity index (χ4v) is 3.31. The van der Waals surface area contributed by atoms with Gasteiger partial charge in [-0.3, -0.25) is 4.79 Å². The normalized spacial score (nSPS) is 15.7. The first-order valence-corrected chi connectivity index (χ1v) is 8.51. The van der Waals surface area contributed by atoms with Crippen molar-refractivity contribution in [1.82, 2.24) is 4.90 Å². The van der Waals surface area contributed by atoms with Crippen molar-refractivity contribution >= 4 is 29.1 Å². The molecule has 0 unspecified atom stereocenters. The number of nitrogens with one attached hydrogen (secondary N) is 1. The molecule has 1 aliphatic rings. The quantitative estimate of drug-likeness (QED) is 0.904. The van der Waals surface area contributed by atoms with Crippen LogP contribution in [0.4, 0.5) is 0 Å². The summed E-state index contributed by atoms with van der Waals surface area (Å²) in [6.07, 6.45) is 0. The number of hydrogen-bond donors (Lipinski definition) is 1. The summed E-state index contributed by atoms with van der Waals surface area (Å²) < 4.78 is 0. The Hall–Kier alpha value is -1.55. The second-order valence-electron chi connectivity index (χ2n) is 5.82. The number of benzene rings is 2. The molecule has 1 N–H and O–H groups in total. The van der Waals surface area contributed by atoms with E-state index >= 15 is 0 Å². The van der Waals surface area contributed by atoms with Crippen LogP contribution in [0.25, 0.3) is 0 Å². The van der Waals surface area contributed by atoms with Gasteiger partial charge in [-0.1, -0.05) is 47.5 Å². The van der Waals surface area contributed by atoms with E-state index in [-0.39, 0.29) is 5.91 Å². The van der Waals surface area contributed by atoms with Gasteiger partial charge in [0, 0.05) is 21.2 Å². The summed E-state index contributed by atoms with van der Waals surface area (Å²) in [4.78, 5) is 15.9. The van der Waals surface area contributed by atoms with Gasteiger partial charge in [-0.15, -0.1) is 0 Å². The topological polar surface area (TPSA) is 24.8 Å². The van der Waals surface area contributed by atoms with Crippen LogP contribution in [0, 0.1) is 0 Å². The molecule has 0 atom stereocenters. The van der Waals surface area contributed by atoms with Gasteiger partial charge in [-0.05, 0) is 24.3 Å². The van der Waals surface area contributed by atoms with Crippen LogP contribution >= 0.6 is 23.2 Å². The Kier molecular flexibility index (Phi) is 5.21. The molecule has 1 heterocycles. The molecule has 2 aromatic rings. The van der Waals surface area contributed by atoms with Gasteiger partial charge < -0.3 is 9.80 Å². The molecule has 5 heteroatoms. The first-order valence-electron chi connectivity index (χ1n) is 7.75. The maximum absolute atomic E-state index is 12.5. The Bertz CT molecular complexity index is 697. The lowest BCUT2D eigenvalue weighted by molar-refractivity contribution is -0.917. The minimum atomic E-state index is 0.0595. The second-order valence-corrected chi connectivity index (χ2v) is 6.66. The molecule has 1 fully saturated rings. The SMILES string of the molecule is O=C(c1cccc(Cl)c1)N1CC[NH+](Cc2ccccc2Cl)CC1. The largest absolute Gasteiger partial charge is 0.328 e. The molecule has 1 saturated heterocycles. The third-order valence-electron chi connectivity index (χ3n) is 4.23. The first-order chi connectivity index (χ1) is 11.1. The summed E-state index contributed by atoms with van der Waals surface area (Å²) >= 11 is 12.2. The summed E-state index contributed by atoms with van der Waals surface area (Å²) in [7, 11) is 0. The summed E-state index contributed by atoms with van der Waals surface area (Å²) in [6.45, 7) is 4.27. The summed E-state index contributed by atoms with van der Waals surface area (Å²) in [5, 5.41) is 1.41. The van der Waals surface area contributed by atoms with Crippen molar-refractivity contribution in [3.05, 3.63) is 69.7 Å². The number of quaternary nitrogens is 1. The molecule has 0 aliphatic carbocycles. The average Bonchev–Trinajstić information content (AvgIpc) is 2.57. The highest BCUT2D eigenvalue weighted by molar-refractivity contribution is 6.31. The maximum Gasteiger partial charge on any atom is 0.254 e. The Labute approximate surface area is 146 Å². The van der Waals surface area contributed by atoms with Gasteiger partial charge in [0.2, 0.25) is 0 Å². The predicted molar refractivity (Wildman–Crippen MR) is 93.2 cm³/mol. The number of piperazine rings is 1. The number of nitrogens with zero attached hydrogens (tertiary/aromatic N) is 1. The van der Waals surface area contributed by atoms with Crippen molar-refractivity contribution in [2.75, 3.05) is 26.2 Å². The van der Waals surface area contributed by atoms with Gasteiger partial charge in [-0.2, -0.15) is 0 Å². The molecule has 3 nitrogen and oxygen atoms in total. The van der Waals surface area contributed by atoms with Gasteiger partial charge in [0.15, 0.2) is 0 Å². The van der Waals surface area contributed by atoms with E-state index in [1.807, 2.05) is 35.2 Å². The fourth-order valence-electron chi connectivity index (χ4n) is 2.92. The molecular weight excluding hydrogens is 331 g/mol. The van der Waals surface area contributed by atoms with Crippen molar-refractivity contribution in [3.8, 4) is 0 Å². The number of amides is 1. The third kappa shape index (κ3) is 4.05. The second kappa shape index (κ2) is 7.35. The number of carbonyl (C=O) groups is 1. The Balaban J connectivity index is 1.58. The minimum absolute atomic E-state index is 0.0595. The zero-order valence-corrected chi connectivity index (χ0v) is 14.3. The molecule has 0 bridgehead atoms. The Morgan fingerprint density at radius 2 is 1.78 bits per heavy atom. The average molecular weight is 350 g/mol.